The summed E-state index contributed by atoms with van der Waals surface area (Å²) in [7, 11) is 0. The van der Waals surface area contributed by atoms with Crippen molar-refractivity contribution in [3.63, 3.8) is 0 Å². The number of imide groups is 1. The lowest BCUT2D eigenvalue weighted by molar-refractivity contribution is -0.131. The molecule has 1 aromatic heterocycles. The van der Waals surface area contributed by atoms with Crippen molar-refractivity contribution in [1.82, 2.24) is 19.1 Å². The quantitative estimate of drug-likeness (QED) is 0.560. The molecule has 1 aliphatic rings. The lowest BCUT2D eigenvalue weighted by Crippen LogP contribution is -2.20. The maximum Gasteiger partial charge on any atom is 0.250 e. The van der Waals surface area contributed by atoms with E-state index in [1.165, 1.54) is 6.20 Å². The molecule has 1 unspecified atom stereocenters. The lowest BCUT2D eigenvalue weighted by atomic mass is 10.1. The van der Waals surface area contributed by atoms with Gasteiger partial charge in [0.25, 0.3) is 5.91 Å². The van der Waals surface area contributed by atoms with Gasteiger partial charge < -0.3 is 0 Å². The first kappa shape index (κ1) is 10.6. The Balaban J connectivity index is 2.29. The third-order valence-corrected chi connectivity index (χ3v) is 3.06. The van der Waals surface area contributed by atoms with Gasteiger partial charge in [0.05, 0.1) is 22.3 Å². The van der Waals surface area contributed by atoms with Crippen LogP contribution in [-0.2, 0) is 9.59 Å². The predicted molar refractivity (Wildman–Crippen MR) is 55.7 cm³/mol. The van der Waals surface area contributed by atoms with Gasteiger partial charge in [0.2, 0.25) is 5.91 Å². The van der Waals surface area contributed by atoms with Gasteiger partial charge in [0.15, 0.2) is 5.82 Å². The molecule has 15 heavy (non-hydrogen) atoms. The van der Waals surface area contributed by atoms with E-state index in [-0.39, 0.29) is 24.1 Å². The molecule has 78 valence electrons. The van der Waals surface area contributed by atoms with Crippen molar-refractivity contribution in [2.75, 3.05) is 0 Å². The normalized spacial score (nSPS) is 21.2. The van der Waals surface area contributed by atoms with Gasteiger partial charge in [-0.05, 0) is 15.9 Å². The molecule has 2 heterocycles. The highest BCUT2D eigenvalue weighted by atomic mass is 79.9. The highest BCUT2D eigenvalue weighted by Crippen LogP contribution is 2.28. The van der Waals surface area contributed by atoms with Gasteiger partial charge in [0, 0.05) is 6.42 Å². The summed E-state index contributed by atoms with van der Waals surface area (Å²) in [4.78, 5) is 26.7. The van der Waals surface area contributed by atoms with Crippen LogP contribution >= 0.6 is 32.1 Å². The number of amides is 2. The summed E-state index contributed by atoms with van der Waals surface area (Å²) in [5, 5.41) is 7.47. The van der Waals surface area contributed by atoms with E-state index in [1.807, 2.05) is 0 Å². The van der Waals surface area contributed by atoms with Crippen LogP contribution in [0.5, 0.6) is 0 Å². The number of nitrogens with zero attached hydrogens (tertiary/aromatic N) is 4. The van der Waals surface area contributed by atoms with Crippen LogP contribution in [-0.4, -0.2) is 30.9 Å². The predicted octanol–water partition coefficient (Wildman–Crippen LogP) is 0.786. The van der Waals surface area contributed by atoms with Crippen LogP contribution in [0, 0.1) is 0 Å². The first-order chi connectivity index (χ1) is 7.09. The third-order valence-electron chi connectivity index (χ3n) is 1.95. The monoisotopic (exact) mass is 334 g/mol. The molecular formula is C7H4Br2N4O2. The van der Waals surface area contributed by atoms with Crippen molar-refractivity contribution in [2.45, 2.75) is 12.3 Å². The van der Waals surface area contributed by atoms with Crippen LogP contribution in [0.25, 0.3) is 0 Å². The number of carbonyl (C=O) groups excluding carboxylic acids is 2. The second-order valence-electron chi connectivity index (χ2n) is 2.91. The van der Waals surface area contributed by atoms with Crippen molar-refractivity contribution in [1.29, 1.82) is 0 Å². The van der Waals surface area contributed by atoms with Gasteiger partial charge in [-0.25, -0.2) is 8.91 Å². The summed E-state index contributed by atoms with van der Waals surface area (Å²) in [6.45, 7) is 0. The molecule has 8 heteroatoms. The summed E-state index contributed by atoms with van der Waals surface area (Å²) in [5.41, 5.74) is 0. The van der Waals surface area contributed by atoms with Gasteiger partial charge in [-0.15, -0.1) is 10.2 Å². The molecule has 1 fully saturated rings. The van der Waals surface area contributed by atoms with Crippen LogP contribution in [0.2, 0.25) is 0 Å². The Labute approximate surface area is 102 Å². The van der Waals surface area contributed by atoms with Gasteiger partial charge in [0.1, 0.15) is 10.5 Å². The topological polar surface area (TPSA) is 76.0 Å². The van der Waals surface area contributed by atoms with Crippen LogP contribution in [0.15, 0.2) is 10.8 Å². The van der Waals surface area contributed by atoms with Crippen molar-refractivity contribution >= 4 is 43.9 Å². The molecule has 1 aromatic rings. The zero-order valence-corrected chi connectivity index (χ0v) is 10.4. The summed E-state index contributed by atoms with van der Waals surface area (Å²) in [6, 6.07) is 0. The van der Waals surface area contributed by atoms with Gasteiger partial charge in [-0.3, -0.25) is 9.59 Å². The molecule has 0 bridgehead atoms. The van der Waals surface area contributed by atoms with Gasteiger partial charge in [-0.2, -0.15) is 0 Å². The van der Waals surface area contributed by atoms with E-state index >= 15 is 0 Å². The lowest BCUT2D eigenvalue weighted by Gasteiger charge is -2.04. The molecular weight excluding hydrogens is 332 g/mol. The summed E-state index contributed by atoms with van der Waals surface area (Å²) >= 11 is 5.96. The number of hydrogen-bond donors (Lipinski definition) is 0. The number of halogens is 2. The van der Waals surface area contributed by atoms with Crippen molar-refractivity contribution in [3.05, 3.63) is 16.6 Å². The number of hydrogen-bond acceptors (Lipinski definition) is 5. The molecule has 1 saturated heterocycles. The second-order valence-corrected chi connectivity index (χ2v) is 4.43. The number of rotatable bonds is 1. The SMILES string of the molecule is O=C1CC(c2ncc(Br)nn2)C(=O)N1Br. The number of aromatic nitrogens is 3. The molecule has 0 spiro atoms. The van der Waals surface area contributed by atoms with E-state index in [0.717, 1.165) is 3.93 Å². The maximum atomic E-state index is 11.5. The van der Waals surface area contributed by atoms with Crippen molar-refractivity contribution in [3.8, 4) is 0 Å². The minimum Gasteiger partial charge on any atom is -0.273 e. The Hall–Kier alpha value is -0.890. The average Bonchev–Trinajstić information content (AvgIpc) is 2.47. The Morgan fingerprint density at radius 2 is 2.13 bits per heavy atom. The van der Waals surface area contributed by atoms with Crippen LogP contribution in [0.3, 0.4) is 0 Å². The summed E-state index contributed by atoms with van der Waals surface area (Å²) in [5.74, 6) is -1.02. The van der Waals surface area contributed by atoms with Crippen LogP contribution < -0.4 is 0 Å². The molecule has 1 atom stereocenters. The largest absolute Gasteiger partial charge is 0.273 e. The van der Waals surface area contributed by atoms with E-state index in [0.29, 0.717) is 4.60 Å². The Bertz CT molecular complexity index is 422. The first-order valence-corrected chi connectivity index (χ1v) is 5.47. The standard InChI is InChI=1S/C7H4Br2N4O2/c8-4-2-10-6(12-11-4)3-1-5(14)13(9)7(3)15/h2-3H,1H2. The zero-order valence-electron chi connectivity index (χ0n) is 7.22. The van der Waals surface area contributed by atoms with Crippen molar-refractivity contribution in [2.24, 2.45) is 0 Å². The Morgan fingerprint density at radius 1 is 1.40 bits per heavy atom. The summed E-state index contributed by atoms with van der Waals surface area (Å²) < 4.78 is 1.39. The molecule has 2 amide bonds. The molecule has 1 aliphatic heterocycles. The maximum absolute atomic E-state index is 11.5. The highest BCUT2D eigenvalue weighted by molar-refractivity contribution is 9.10. The smallest absolute Gasteiger partial charge is 0.250 e. The van der Waals surface area contributed by atoms with E-state index < -0.39 is 5.92 Å². The Kier molecular flexibility index (Phi) is 2.79. The minimum atomic E-state index is -0.627. The highest BCUT2D eigenvalue weighted by Gasteiger charge is 2.40. The third kappa shape index (κ3) is 1.91. The molecule has 0 aromatic carbocycles. The molecule has 6 nitrogen and oxygen atoms in total. The summed E-state index contributed by atoms with van der Waals surface area (Å²) in [6.07, 6.45) is 1.52. The van der Waals surface area contributed by atoms with Crippen LogP contribution in [0.4, 0.5) is 0 Å². The Morgan fingerprint density at radius 3 is 2.60 bits per heavy atom. The fourth-order valence-corrected chi connectivity index (χ4v) is 1.81. The number of carbonyl (C=O) groups is 2. The van der Waals surface area contributed by atoms with Gasteiger partial charge in [-0.1, -0.05) is 0 Å². The molecule has 0 radical (unpaired) electrons. The van der Waals surface area contributed by atoms with E-state index in [4.69, 9.17) is 0 Å². The van der Waals surface area contributed by atoms with Crippen LogP contribution in [0.1, 0.15) is 18.2 Å². The molecule has 0 saturated carbocycles. The first-order valence-electron chi connectivity index (χ1n) is 3.97. The van der Waals surface area contributed by atoms with Gasteiger partial charge >= 0.3 is 0 Å². The fourth-order valence-electron chi connectivity index (χ4n) is 1.23. The minimum absolute atomic E-state index is 0.0768. The molecule has 2 rings (SSSR count). The van der Waals surface area contributed by atoms with E-state index in [9.17, 15) is 9.59 Å². The molecule has 0 N–H and O–H groups in total. The second kappa shape index (κ2) is 3.93. The van der Waals surface area contributed by atoms with E-state index in [1.54, 1.807) is 0 Å². The zero-order chi connectivity index (χ0) is 11.0. The average molecular weight is 336 g/mol. The molecule has 0 aliphatic carbocycles. The van der Waals surface area contributed by atoms with E-state index in [2.05, 4.69) is 47.3 Å². The van der Waals surface area contributed by atoms with Crippen molar-refractivity contribution < 1.29 is 9.59 Å². The fraction of sp³-hybridized carbons (Fsp3) is 0.286.